The topological polar surface area (TPSA) is 156 Å². The summed E-state index contributed by atoms with van der Waals surface area (Å²) in [6, 6.07) is 10.5. The maximum absolute atomic E-state index is 14.8. The maximum atomic E-state index is 14.8. The highest BCUT2D eigenvalue weighted by Gasteiger charge is 2.47. The van der Waals surface area contributed by atoms with Gasteiger partial charge in [-0.1, -0.05) is 30.3 Å². The normalized spacial score (nSPS) is 13.2. The van der Waals surface area contributed by atoms with Crippen molar-refractivity contribution in [3.8, 4) is 11.5 Å². The fraction of sp³-hybridized carbons (Fsp3) is 0.500. The smallest absolute Gasteiger partial charge is 0.408 e. The van der Waals surface area contributed by atoms with Gasteiger partial charge in [0, 0.05) is 18.1 Å². The second-order valence-corrected chi connectivity index (χ2v) is 12.5. The minimum atomic E-state index is -2.01. The van der Waals surface area contributed by atoms with Gasteiger partial charge in [-0.3, -0.25) is 9.59 Å². The molecule has 0 aliphatic rings. The number of methoxy groups -OCH3 is 4. The Bertz CT molecular complexity index is 1400. The van der Waals surface area contributed by atoms with E-state index in [9.17, 15) is 24.0 Å². The lowest BCUT2D eigenvalue weighted by Crippen LogP contribution is -2.58. The lowest BCUT2D eigenvalue weighted by atomic mass is 9.95. The molecule has 13 nitrogen and oxygen atoms in total. The molecule has 3 atom stereocenters. The predicted molar refractivity (Wildman–Crippen MR) is 171 cm³/mol. The first-order chi connectivity index (χ1) is 21.9. The number of hydrogen-bond donors (Lipinski definition) is 1. The van der Waals surface area contributed by atoms with Gasteiger partial charge in [0.05, 0.1) is 35.0 Å². The van der Waals surface area contributed by atoms with Crippen molar-refractivity contribution in [2.24, 2.45) is 5.92 Å². The Morgan fingerprint density at radius 3 is 1.85 bits per heavy atom. The van der Waals surface area contributed by atoms with Crippen molar-refractivity contribution in [1.82, 2.24) is 10.2 Å². The monoisotopic (exact) mass is 658 g/mol. The molecule has 0 spiro atoms. The SMILES string of the molecule is COC(=O)C(NC(=O)OC(C)(C)C)C(C(=O)OC)C(=O)N(Cc1ccc(OC)cc1OC)[C@@H](Cc1ccccc1)C(=O)OC(C)(C)C. The molecule has 1 N–H and O–H groups in total. The van der Waals surface area contributed by atoms with Crippen LogP contribution < -0.4 is 14.8 Å². The zero-order chi connectivity index (χ0) is 35.5. The second-order valence-electron chi connectivity index (χ2n) is 12.5. The van der Waals surface area contributed by atoms with Crippen molar-refractivity contribution in [3.05, 3.63) is 59.7 Å². The molecule has 2 aromatic carbocycles. The number of ether oxygens (including phenoxy) is 6. The van der Waals surface area contributed by atoms with Crippen LogP contribution in [0.15, 0.2) is 48.5 Å². The van der Waals surface area contributed by atoms with Gasteiger partial charge < -0.3 is 38.6 Å². The number of hydrogen-bond acceptors (Lipinski definition) is 11. The molecule has 0 bridgehead atoms. The summed E-state index contributed by atoms with van der Waals surface area (Å²) in [6.45, 7) is 9.54. The molecular formula is C34H46N2O11. The van der Waals surface area contributed by atoms with Crippen LogP contribution in [0.3, 0.4) is 0 Å². The van der Waals surface area contributed by atoms with Gasteiger partial charge in [0.2, 0.25) is 5.91 Å². The van der Waals surface area contributed by atoms with Crippen molar-refractivity contribution in [2.75, 3.05) is 28.4 Å². The highest BCUT2D eigenvalue weighted by molar-refractivity contribution is 6.04. The Morgan fingerprint density at radius 1 is 0.745 bits per heavy atom. The van der Waals surface area contributed by atoms with Gasteiger partial charge in [0.25, 0.3) is 0 Å². The minimum absolute atomic E-state index is 0.0315. The standard InChI is InChI=1S/C34H46N2O11/c1-33(2,3)46-29(38)24(18-21-14-12-11-13-15-21)36(20-22-16-17-23(42-7)19-25(22)43-8)28(37)26(30(39)44-9)27(31(40)45-10)35-32(41)47-34(4,5)6/h11-17,19,24,26-27H,18,20H2,1-10H3,(H,35,41)/t24-,26?,27?/m0/s1. The molecule has 0 heterocycles. The van der Waals surface area contributed by atoms with Crippen molar-refractivity contribution >= 4 is 29.9 Å². The number of benzene rings is 2. The van der Waals surface area contributed by atoms with Gasteiger partial charge in [0.15, 0.2) is 12.0 Å². The number of rotatable bonds is 13. The van der Waals surface area contributed by atoms with Gasteiger partial charge in [-0.25, -0.2) is 14.4 Å². The third-order valence-electron chi connectivity index (χ3n) is 6.63. The molecule has 0 aliphatic heterocycles. The summed E-state index contributed by atoms with van der Waals surface area (Å²) in [5.74, 6) is -5.33. The number of nitrogens with zero attached hydrogens (tertiary/aromatic N) is 1. The van der Waals surface area contributed by atoms with E-state index >= 15 is 0 Å². The molecule has 2 rings (SSSR count). The van der Waals surface area contributed by atoms with Crippen molar-refractivity contribution < 1.29 is 52.4 Å². The molecular weight excluding hydrogens is 612 g/mol. The van der Waals surface area contributed by atoms with E-state index in [2.05, 4.69) is 5.32 Å². The minimum Gasteiger partial charge on any atom is -0.497 e. The Labute approximate surface area is 275 Å². The molecule has 0 aliphatic carbocycles. The highest BCUT2D eigenvalue weighted by Crippen LogP contribution is 2.29. The van der Waals surface area contributed by atoms with Gasteiger partial charge in [-0.2, -0.15) is 0 Å². The Balaban J connectivity index is 2.83. The average Bonchev–Trinajstić information content (AvgIpc) is 3.00. The fourth-order valence-corrected chi connectivity index (χ4v) is 4.56. The fourth-order valence-electron chi connectivity index (χ4n) is 4.56. The lowest BCUT2D eigenvalue weighted by Gasteiger charge is -2.36. The van der Waals surface area contributed by atoms with Crippen LogP contribution in [0.2, 0.25) is 0 Å². The molecule has 0 saturated carbocycles. The van der Waals surface area contributed by atoms with Gasteiger partial charge >= 0.3 is 24.0 Å². The van der Waals surface area contributed by atoms with E-state index in [1.54, 1.807) is 90.1 Å². The summed E-state index contributed by atoms with van der Waals surface area (Å²) in [5.41, 5.74) is -0.827. The molecule has 0 saturated heterocycles. The third-order valence-corrected chi connectivity index (χ3v) is 6.63. The zero-order valence-electron chi connectivity index (χ0n) is 28.7. The Kier molecular flexibility index (Phi) is 13.6. The Morgan fingerprint density at radius 2 is 1.34 bits per heavy atom. The summed E-state index contributed by atoms with van der Waals surface area (Å²) in [7, 11) is 4.96. The quantitative estimate of drug-likeness (QED) is 0.190. The third kappa shape index (κ3) is 11.5. The number of alkyl carbamates (subject to hydrolysis) is 1. The molecule has 47 heavy (non-hydrogen) atoms. The molecule has 2 aromatic rings. The van der Waals surface area contributed by atoms with Crippen LogP contribution in [0.4, 0.5) is 4.79 Å². The van der Waals surface area contributed by atoms with Crippen LogP contribution in [-0.2, 0) is 51.1 Å². The largest absolute Gasteiger partial charge is 0.497 e. The van der Waals surface area contributed by atoms with E-state index in [1.165, 1.54) is 14.2 Å². The van der Waals surface area contributed by atoms with Gasteiger partial charge in [-0.05, 0) is 59.2 Å². The van der Waals surface area contributed by atoms with Crippen molar-refractivity contribution in [3.63, 3.8) is 0 Å². The molecule has 0 radical (unpaired) electrons. The van der Waals surface area contributed by atoms with Gasteiger partial charge in [-0.15, -0.1) is 0 Å². The van der Waals surface area contributed by atoms with Crippen LogP contribution in [-0.4, -0.2) is 86.5 Å². The molecule has 258 valence electrons. The Hall–Kier alpha value is -4.81. The molecule has 0 fully saturated rings. The first kappa shape index (κ1) is 38.4. The van der Waals surface area contributed by atoms with Crippen LogP contribution in [0.25, 0.3) is 0 Å². The molecule has 2 unspecified atom stereocenters. The van der Waals surface area contributed by atoms with Gasteiger partial charge in [0.1, 0.15) is 28.7 Å². The van der Waals surface area contributed by atoms with Crippen LogP contribution in [0, 0.1) is 5.92 Å². The number of carbonyl (C=O) groups excluding carboxylic acids is 5. The van der Waals surface area contributed by atoms with E-state index in [4.69, 9.17) is 28.4 Å². The predicted octanol–water partition coefficient (Wildman–Crippen LogP) is 3.84. The zero-order valence-corrected chi connectivity index (χ0v) is 28.7. The van der Waals surface area contributed by atoms with Crippen LogP contribution in [0.1, 0.15) is 52.7 Å². The van der Waals surface area contributed by atoms with E-state index in [0.29, 0.717) is 22.6 Å². The first-order valence-corrected chi connectivity index (χ1v) is 14.9. The van der Waals surface area contributed by atoms with Crippen LogP contribution in [0.5, 0.6) is 11.5 Å². The average molecular weight is 659 g/mol. The number of carbonyl (C=O) groups is 5. The molecule has 2 amide bonds. The number of nitrogens with one attached hydrogen (secondary N) is 1. The highest BCUT2D eigenvalue weighted by atomic mass is 16.6. The number of amides is 2. The summed E-state index contributed by atoms with van der Waals surface area (Å²) >= 11 is 0. The van der Waals surface area contributed by atoms with E-state index in [-0.39, 0.29) is 13.0 Å². The van der Waals surface area contributed by atoms with Crippen molar-refractivity contribution in [1.29, 1.82) is 0 Å². The van der Waals surface area contributed by atoms with E-state index in [0.717, 1.165) is 19.1 Å². The van der Waals surface area contributed by atoms with Crippen LogP contribution >= 0.6 is 0 Å². The lowest BCUT2D eigenvalue weighted by molar-refractivity contribution is -0.170. The number of esters is 3. The maximum Gasteiger partial charge on any atom is 0.408 e. The summed E-state index contributed by atoms with van der Waals surface area (Å²) in [6.07, 6.45) is -1.12. The van der Waals surface area contributed by atoms with E-state index in [1.807, 2.05) is 0 Å². The summed E-state index contributed by atoms with van der Waals surface area (Å²) in [5, 5.41) is 2.29. The van der Waals surface area contributed by atoms with E-state index < -0.39 is 59.1 Å². The summed E-state index contributed by atoms with van der Waals surface area (Å²) < 4.78 is 31.8. The molecule has 13 heteroatoms. The first-order valence-electron chi connectivity index (χ1n) is 14.9. The van der Waals surface area contributed by atoms with Crippen molar-refractivity contribution in [2.45, 2.75) is 77.8 Å². The summed E-state index contributed by atoms with van der Waals surface area (Å²) in [4.78, 5) is 69.2. The second kappa shape index (κ2) is 16.7. The molecule has 0 aromatic heterocycles.